The zero-order valence-electron chi connectivity index (χ0n) is 16.1. The highest BCUT2D eigenvalue weighted by Crippen LogP contribution is 2.30. The maximum atomic E-state index is 11.5. The molecule has 0 bridgehead atoms. The molecule has 0 aromatic carbocycles. The quantitative estimate of drug-likeness (QED) is 0.256. The van der Waals surface area contributed by atoms with Crippen LogP contribution < -0.4 is 0 Å². The van der Waals surface area contributed by atoms with Gasteiger partial charge in [0.05, 0.1) is 12.0 Å². The van der Waals surface area contributed by atoms with E-state index in [1.807, 2.05) is 13.8 Å². The van der Waals surface area contributed by atoms with Gasteiger partial charge in [0.2, 0.25) is 0 Å². The van der Waals surface area contributed by atoms with Gasteiger partial charge in [-0.25, -0.2) is 0 Å². The largest absolute Gasteiger partial charge is 0.461 e. The zero-order chi connectivity index (χ0) is 17.8. The summed E-state index contributed by atoms with van der Waals surface area (Å²) in [5, 5.41) is 10.2. The smallest absolute Gasteiger partial charge is 0.313 e. The van der Waals surface area contributed by atoms with Crippen LogP contribution in [0.1, 0.15) is 97.8 Å². The summed E-state index contributed by atoms with van der Waals surface area (Å²) in [6.45, 7) is 6.33. The van der Waals surface area contributed by atoms with Gasteiger partial charge in [-0.2, -0.15) is 0 Å². The van der Waals surface area contributed by atoms with Gasteiger partial charge in [0.25, 0.3) is 0 Å². The van der Waals surface area contributed by atoms with Crippen molar-refractivity contribution >= 4 is 5.97 Å². The number of aliphatic hydroxyl groups is 1. The Balaban J connectivity index is 2.02. The molecule has 0 saturated carbocycles. The Hall–Kier alpha value is -0.830. The van der Waals surface area contributed by atoms with Crippen molar-refractivity contribution in [3.8, 4) is 0 Å². The van der Waals surface area contributed by atoms with E-state index in [1.54, 1.807) is 0 Å². The number of hydrogen-bond donors (Lipinski definition) is 1. The van der Waals surface area contributed by atoms with E-state index in [0.717, 1.165) is 19.3 Å². The van der Waals surface area contributed by atoms with Gasteiger partial charge in [0, 0.05) is 6.42 Å². The number of unbranched alkanes of at least 4 members (excludes halogenated alkanes) is 8. The molecule has 1 N–H and O–H groups in total. The molecule has 0 aliphatic carbocycles. The molecule has 1 aliphatic rings. The highest BCUT2D eigenvalue weighted by atomic mass is 16.6. The molecule has 3 atom stereocenters. The fourth-order valence-electron chi connectivity index (χ4n) is 3.30. The summed E-state index contributed by atoms with van der Waals surface area (Å²) >= 11 is 0. The minimum atomic E-state index is -0.332. The van der Waals surface area contributed by atoms with Crippen LogP contribution in [-0.2, 0) is 9.53 Å². The van der Waals surface area contributed by atoms with Gasteiger partial charge >= 0.3 is 5.97 Å². The van der Waals surface area contributed by atoms with Gasteiger partial charge in [-0.15, -0.1) is 0 Å². The van der Waals surface area contributed by atoms with Crippen LogP contribution in [0.3, 0.4) is 0 Å². The molecule has 140 valence electrons. The van der Waals surface area contributed by atoms with Crippen LogP contribution >= 0.6 is 0 Å². The summed E-state index contributed by atoms with van der Waals surface area (Å²) in [6.07, 6.45) is 15.5. The summed E-state index contributed by atoms with van der Waals surface area (Å²) in [5.41, 5.74) is 1.23. The summed E-state index contributed by atoms with van der Waals surface area (Å²) in [5.74, 6) is -0.148. The van der Waals surface area contributed by atoms with Crippen molar-refractivity contribution in [1.29, 1.82) is 0 Å². The summed E-state index contributed by atoms with van der Waals surface area (Å²) in [6, 6.07) is 0. The van der Waals surface area contributed by atoms with E-state index < -0.39 is 0 Å². The first-order valence-electron chi connectivity index (χ1n) is 10.1. The van der Waals surface area contributed by atoms with Crippen molar-refractivity contribution in [2.24, 2.45) is 5.92 Å². The molecule has 1 unspecified atom stereocenters. The Labute approximate surface area is 148 Å². The summed E-state index contributed by atoms with van der Waals surface area (Å²) in [7, 11) is 0. The molecule has 0 amide bonds. The number of allylic oxidation sites excluding steroid dienone is 2. The van der Waals surface area contributed by atoms with E-state index in [-0.39, 0.29) is 24.1 Å². The van der Waals surface area contributed by atoms with Crippen LogP contribution in [0.2, 0.25) is 0 Å². The van der Waals surface area contributed by atoms with Crippen LogP contribution in [0.5, 0.6) is 0 Å². The monoisotopic (exact) mass is 338 g/mol. The predicted octanol–water partition coefficient (Wildman–Crippen LogP) is 5.56. The van der Waals surface area contributed by atoms with Gasteiger partial charge < -0.3 is 9.84 Å². The van der Waals surface area contributed by atoms with Gasteiger partial charge in [0.1, 0.15) is 6.10 Å². The van der Waals surface area contributed by atoms with Crippen molar-refractivity contribution in [1.82, 2.24) is 0 Å². The number of rotatable bonds is 14. The van der Waals surface area contributed by atoms with E-state index in [0.29, 0.717) is 6.42 Å². The van der Waals surface area contributed by atoms with Crippen molar-refractivity contribution in [2.45, 2.75) is 110 Å². The first kappa shape index (κ1) is 21.2. The van der Waals surface area contributed by atoms with Crippen molar-refractivity contribution in [3.63, 3.8) is 0 Å². The topological polar surface area (TPSA) is 46.5 Å². The third-order valence-electron chi connectivity index (χ3n) is 4.94. The second-order valence-electron chi connectivity index (χ2n) is 7.61. The lowest BCUT2D eigenvalue weighted by Gasteiger charge is -2.36. The van der Waals surface area contributed by atoms with E-state index >= 15 is 0 Å². The molecule has 3 nitrogen and oxygen atoms in total. The lowest BCUT2D eigenvalue weighted by Crippen LogP contribution is -2.46. The SMILES string of the molecule is CCCCCCCCCCCC(O)C[C@@H]1OC(=O)[C@H]1CC=C(C)C. The molecule has 1 fully saturated rings. The maximum absolute atomic E-state index is 11.5. The molecule has 1 saturated heterocycles. The highest BCUT2D eigenvalue weighted by Gasteiger charge is 2.42. The number of carbonyl (C=O) groups excluding carboxylic acids is 1. The van der Waals surface area contributed by atoms with E-state index in [4.69, 9.17) is 4.74 Å². The molecule has 1 rings (SSSR count). The molecule has 0 spiro atoms. The van der Waals surface area contributed by atoms with Crippen molar-refractivity contribution in [2.75, 3.05) is 0 Å². The number of aliphatic hydroxyl groups excluding tert-OH is 1. The first-order chi connectivity index (χ1) is 11.5. The number of esters is 1. The number of cyclic esters (lactones) is 1. The van der Waals surface area contributed by atoms with Crippen molar-refractivity contribution < 1.29 is 14.6 Å². The lowest BCUT2D eigenvalue weighted by molar-refractivity contribution is -0.187. The van der Waals surface area contributed by atoms with Gasteiger partial charge in [0.15, 0.2) is 0 Å². The Morgan fingerprint density at radius 3 is 2.21 bits per heavy atom. The summed E-state index contributed by atoms with van der Waals surface area (Å²) in [4.78, 5) is 11.5. The minimum Gasteiger partial charge on any atom is -0.461 e. The predicted molar refractivity (Wildman–Crippen MR) is 99.9 cm³/mol. The highest BCUT2D eigenvalue weighted by molar-refractivity contribution is 5.78. The molecule has 1 heterocycles. The Morgan fingerprint density at radius 2 is 1.67 bits per heavy atom. The van der Waals surface area contributed by atoms with Gasteiger partial charge in [-0.1, -0.05) is 76.4 Å². The third-order valence-corrected chi connectivity index (χ3v) is 4.94. The minimum absolute atomic E-state index is 0.0438. The number of ether oxygens (including phenoxy) is 1. The van der Waals surface area contributed by atoms with E-state index in [1.165, 1.54) is 56.9 Å². The first-order valence-corrected chi connectivity index (χ1v) is 10.1. The molecular formula is C21H38O3. The molecule has 3 heteroatoms. The Morgan fingerprint density at radius 1 is 1.08 bits per heavy atom. The van der Waals surface area contributed by atoms with Crippen LogP contribution in [0, 0.1) is 5.92 Å². The van der Waals surface area contributed by atoms with Gasteiger partial charge in [-0.05, 0) is 26.7 Å². The normalized spacial score (nSPS) is 21.1. The fraction of sp³-hybridized carbons (Fsp3) is 0.857. The second kappa shape index (κ2) is 12.5. The standard InChI is InChI=1S/C21H38O3/c1-4-5-6-7-8-9-10-11-12-13-18(22)16-20-19(21(23)24-20)15-14-17(2)3/h14,18-20,22H,4-13,15-16H2,1-3H3/t18?,19-,20-/m0/s1. The maximum Gasteiger partial charge on any atom is 0.313 e. The van der Waals surface area contributed by atoms with Crippen LogP contribution in [0.15, 0.2) is 11.6 Å². The number of carbonyl (C=O) groups is 1. The Bertz CT molecular complexity index is 371. The average Bonchev–Trinajstić information content (AvgIpc) is 2.52. The third kappa shape index (κ3) is 8.86. The Kier molecular flexibility index (Phi) is 11.1. The van der Waals surface area contributed by atoms with Crippen molar-refractivity contribution in [3.05, 3.63) is 11.6 Å². The molecule has 24 heavy (non-hydrogen) atoms. The number of hydrogen-bond acceptors (Lipinski definition) is 3. The molecule has 0 radical (unpaired) electrons. The van der Waals surface area contributed by atoms with Crippen LogP contribution in [0.25, 0.3) is 0 Å². The molecule has 0 aromatic heterocycles. The lowest BCUT2D eigenvalue weighted by atomic mass is 9.88. The van der Waals surface area contributed by atoms with Crippen LogP contribution in [0.4, 0.5) is 0 Å². The average molecular weight is 339 g/mol. The second-order valence-corrected chi connectivity index (χ2v) is 7.61. The zero-order valence-corrected chi connectivity index (χ0v) is 16.1. The van der Waals surface area contributed by atoms with Gasteiger partial charge in [-0.3, -0.25) is 4.79 Å². The molecule has 1 aliphatic heterocycles. The molecular weight excluding hydrogens is 300 g/mol. The summed E-state index contributed by atoms with van der Waals surface area (Å²) < 4.78 is 5.22. The molecule has 0 aromatic rings. The fourth-order valence-corrected chi connectivity index (χ4v) is 3.30. The van der Waals surface area contributed by atoms with Crippen LogP contribution in [-0.4, -0.2) is 23.3 Å². The van der Waals surface area contributed by atoms with E-state index in [9.17, 15) is 9.90 Å². The van der Waals surface area contributed by atoms with E-state index in [2.05, 4.69) is 13.0 Å².